The molecule has 0 radical (unpaired) electrons. The Labute approximate surface area is 133 Å². The second-order valence-electron chi connectivity index (χ2n) is 4.81. The van der Waals surface area contributed by atoms with Gasteiger partial charge < -0.3 is 14.9 Å². The molecule has 0 spiro atoms. The Morgan fingerprint density at radius 3 is 2.87 bits per heavy atom. The highest BCUT2D eigenvalue weighted by atomic mass is 32.1. The lowest BCUT2D eigenvalue weighted by molar-refractivity contribution is 0.0956. The Hall–Kier alpha value is -2.74. The molecule has 23 heavy (non-hydrogen) atoms. The van der Waals surface area contributed by atoms with E-state index in [1.54, 1.807) is 17.5 Å². The summed E-state index contributed by atoms with van der Waals surface area (Å²) < 4.78 is 14.5. The van der Waals surface area contributed by atoms with E-state index in [-0.39, 0.29) is 24.5 Å². The quantitative estimate of drug-likeness (QED) is 0.706. The third-order valence-electron chi connectivity index (χ3n) is 3.30. The summed E-state index contributed by atoms with van der Waals surface area (Å²) in [5.41, 5.74) is -0.928. The fourth-order valence-electron chi connectivity index (χ4n) is 2.25. The van der Waals surface area contributed by atoms with Gasteiger partial charge in [-0.05, 0) is 29.6 Å². The number of fused-ring (bicyclic) bond motifs is 1. The van der Waals surface area contributed by atoms with Crippen LogP contribution >= 0.6 is 11.3 Å². The van der Waals surface area contributed by atoms with Crippen molar-refractivity contribution in [3.05, 3.63) is 67.1 Å². The van der Waals surface area contributed by atoms with Gasteiger partial charge in [0, 0.05) is 13.1 Å². The van der Waals surface area contributed by atoms with Gasteiger partial charge in [0.25, 0.3) is 5.91 Å². The maximum atomic E-state index is 13.3. The summed E-state index contributed by atoms with van der Waals surface area (Å²) in [6.07, 6.45) is 0. The SMILES string of the molecule is O=C(NCCn1c(=O)c(=O)[nH]c2cc(F)ccc21)c1cccs1. The van der Waals surface area contributed by atoms with Crippen LogP contribution in [0.15, 0.2) is 45.3 Å². The number of aromatic nitrogens is 2. The van der Waals surface area contributed by atoms with Crippen molar-refractivity contribution in [3.63, 3.8) is 0 Å². The van der Waals surface area contributed by atoms with E-state index in [4.69, 9.17) is 0 Å². The van der Waals surface area contributed by atoms with Crippen LogP contribution in [-0.4, -0.2) is 22.0 Å². The summed E-state index contributed by atoms with van der Waals surface area (Å²) in [5, 5.41) is 4.47. The van der Waals surface area contributed by atoms with E-state index in [1.165, 1.54) is 28.0 Å². The van der Waals surface area contributed by atoms with E-state index >= 15 is 0 Å². The number of aromatic amines is 1. The number of carbonyl (C=O) groups is 1. The van der Waals surface area contributed by atoms with Gasteiger partial charge in [-0.1, -0.05) is 6.07 Å². The van der Waals surface area contributed by atoms with Crippen molar-refractivity contribution in [2.45, 2.75) is 6.54 Å². The van der Waals surface area contributed by atoms with Crippen LogP contribution in [0, 0.1) is 5.82 Å². The van der Waals surface area contributed by atoms with Gasteiger partial charge >= 0.3 is 11.1 Å². The minimum atomic E-state index is -0.826. The lowest BCUT2D eigenvalue weighted by atomic mass is 10.3. The fraction of sp³-hybridized carbons (Fsp3) is 0.133. The Kier molecular flexibility index (Phi) is 4.07. The van der Waals surface area contributed by atoms with Crippen LogP contribution in [0.4, 0.5) is 4.39 Å². The monoisotopic (exact) mass is 333 g/mol. The molecule has 2 heterocycles. The zero-order valence-electron chi connectivity index (χ0n) is 11.8. The average molecular weight is 333 g/mol. The Balaban J connectivity index is 1.85. The first-order valence-electron chi connectivity index (χ1n) is 6.80. The smallest absolute Gasteiger partial charge is 0.316 e. The molecular formula is C15H12FN3O3S. The van der Waals surface area contributed by atoms with Gasteiger partial charge in [0.05, 0.1) is 15.9 Å². The van der Waals surface area contributed by atoms with Crippen molar-refractivity contribution in [1.82, 2.24) is 14.9 Å². The molecule has 1 amide bonds. The molecule has 3 aromatic rings. The molecule has 0 atom stereocenters. The van der Waals surface area contributed by atoms with Crippen LogP contribution in [0.5, 0.6) is 0 Å². The lowest BCUT2D eigenvalue weighted by Crippen LogP contribution is -2.39. The second-order valence-corrected chi connectivity index (χ2v) is 5.75. The van der Waals surface area contributed by atoms with Crippen molar-refractivity contribution in [3.8, 4) is 0 Å². The second kappa shape index (κ2) is 6.17. The molecule has 118 valence electrons. The summed E-state index contributed by atoms with van der Waals surface area (Å²) >= 11 is 1.31. The topological polar surface area (TPSA) is 84.0 Å². The summed E-state index contributed by atoms with van der Waals surface area (Å²) in [6, 6.07) is 7.24. The van der Waals surface area contributed by atoms with Crippen LogP contribution < -0.4 is 16.4 Å². The summed E-state index contributed by atoms with van der Waals surface area (Å²) in [4.78, 5) is 38.4. The number of thiophene rings is 1. The van der Waals surface area contributed by atoms with Crippen molar-refractivity contribution < 1.29 is 9.18 Å². The maximum absolute atomic E-state index is 13.3. The number of benzene rings is 1. The molecule has 2 N–H and O–H groups in total. The molecule has 0 aliphatic heterocycles. The molecule has 8 heteroatoms. The Morgan fingerprint density at radius 2 is 2.13 bits per heavy atom. The standard InChI is InChI=1S/C15H12FN3O3S/c16-9-3-4-11-10(8-9)18-14(21)15(22)19(11)6-5-17-13(20)12-2-1-7-23-12/h1-4,7-8H,5-6H2,(H,17,20)(H,18,21). The first-order chi connectivity index (χ1) is 11.1. The number of H-pyrrole nitrogens is 1. The molecule has 0 aliphatic rings. The van der Waals surface area contributed by atoms with Crippen LogP contribution in [0.1, 0.15) is 9.67 Å². The van der Waals surface area contributed by atoms with Gasteiger partial charge in [0.1, 0.15) is 5.82 Å². The van der Waals surface area contributed by atoms with Crippen molar-refractivity contribution in [2.75, 3.05) is 6.54 Å². The highest BCUT2D eigenvalue weighted by molar-refractivity contribution is 7.12. The highest BCUT2D eigenvalue weighted by Crippen LogP contribution is 2.10. The van der Waals surface area contributed by atoms with Gasteiger partial charge in [0.2, 0.25) is 0 Å². The zero-order chi connectivity index (χ0) is 16.4. The summed E-state index contributed by atoms with van der Waals surface area (Å²) in [6.45, 7) is 0.286. The first-order valence-corrected chi connectivity index (χ1v) is 7.68. The third kappa shape index (κ3) is 3.07. The molecule has 0 fully saturated rings. The number of carbonyl (C=O) groups excluding carboxylic acids is 1. The van der Waals surface area contributed by atoms with E-state index in [0.717, 1.165) is 6.07 Å². The predicted octanol–water partition coefficient (Wildman–Crippen LogP) is 1.32. The predicted molar refractivity (Wildman–Crippen MR) is 85.4 cm³/mol. The van der Waals surface area contributed by atoms with Crippen LogP contribution in [0.3, 0.4) is 0 Å². The molecule has 0 saturated carbocycles. The number of nitrogens with one attached hydrogen (secondary N) is 2. The lowest BCUT2D eigenvalue weighted by Gasteiger charge is -2.10. The maximum Gasteiger partial charge on any atom is 0.316 e. The van der Waals surface area contributed by atoms with E-state index < -0.39 is 16.9 Å². The number of nitrogens with zero attached hydrogens (tertiary/aromatic N) is 1. The van der Waals surface area contributed by atoms with E-state index in [9.17, 15) is 18.8 Å². The number of amides is 1. The van der Waals surface area contributed by atoms with Crippen LogP contribution in [-0.2, 0) is 6.54 Å². The van der Waals surface area contributed by atoms with E-state index in [1.807, 2.05) is 0 Å². The number of hydrogen-bond donors (Lipinski definition) is 2. The van der Waals surface area contributed by atoms with Gasteiger partial charge in [-0.25, -0.2) is 4.39 Å². The molecule has 0 unspecified atom stereocenters. The van der Waals surface area contributed by atoms with Crippen LogP contribution in [0.2, 0.25) is 0 Å². The molecule has 1 aromatic carbocycles. The first kappa shape index (κ1) is 15.2. The minimum absolute atomic E-state index is 0.113. The number of halogens is 1. The van der Waals surface area contributed by atoms with Gasteiger partial charge in [0.15, 0.2) is 0 Å². The molecule has 2 aromatic heterocycles. The van der Waals surface area contributed by atoms with Crippen molar-refractivity contribution in [2.24, 2.45) is 0 Å². The molecule has 3 rings (SSSR count). The zero-order valence-corrected chi connectivity index (χ0v) is 12.7. The molecule has 0 bridgehead atoms. The largest absolute Gasteiger partial charge is 0.350 e. The van der Waals surface area contributed by atoms with Gasteiger partial charge in [-0.15, -0.1) is 11.3 Å². The molecular weight excluding hydrogens is 321 g/mol. The average Bonchev–Trinajstić information content (AvgIpc) is 3.05. The molecule has 0 saturated heterocycles. The molecule has 0 aliphatic carbocycles. The van der Waals surface area contributed by atoms with E-state index in [0.29, 0.717) is 10.4 Å². The van der Waals surface area contributed by atoms with Crippen LogP contribution in [0.25, 0.3) is 11.0 Å². The van der Waals surface area contributed by atoms with Crippen molar-refractivity contribution >= 4 is 28.3 Å². The fourth-order valence-corrected chi connectivity index (χ4v) is 2.89. The van der Waals surface area contributed by atoms with Gasteiger partial charge in [-0.2, -0.15) is 0 Å². The van der Waals surface area contributed by atoms with Crippen molar-refractivity contribution in [1.29, 1.82) is 0 Å². The number of hydrogen-bond acceptors (Lipinski definition) is 4. The van der Waals surface area contributed by atoms with E-state index in [2.05, 4.69) is 10.3 Å². The minimum Gasteiger partial charge on any atom is -0.350 e. The third-order valence-corrected chi connectivity index (χ3v) is 4.17. The Bertz CT molecular complexity index is 976. The van der Waals surface area contributed by atoms with Gasteiger partial charge in [-0.3, -0.25) is 14.4 Å². The summed E-state index contributed by atoms with van der Waals surface area (Å²) in [7, 11) is 0. The normalized spacial score (nSPS) is 10.8. The Morgan fingerprint density at radius 1 is 1.30 bits per heavy atom. The summed E-state index contributed by atoms with van der Waals surface area (Å²) in [5.74, 6) is -0.752. The molecule has 6 nitrogen and oxygen atoms in total. The number of rotatable bonds is 4. The highest BCUT2D eigenvalue weighted by Gasteiger charge is 2.10.